The second kappa shape index (κ2) is 9.38. The fourth-order valence-corrected chi connectivity index (χ4v) is 3.42. The summed E-state index contributed by atoms with van der Waals surface area (Å²) in [5.74, 6) is 0.265. The second-order valence-electron chi connectivity index (χ2n) is 6.19. The van der Waals surface area contributed by atoms with Crippen LogP contribution in [0.1, 0.15) is 48.8 Å². The first kappa shape index (κ1) is 20.0. The standard InChI is InChI=1S/C20H24N2O3S/c1-4-16-8-10-17(11-9-16)14(2)21-20(23)13-26-15(3)18-6-5-7-19(12-18)22(24)25/h5-12,14-15H,4,13H2,1-3H3,(H,21,23)/t14-,15+/m1/s1. The Morgan fingerprint density at radius 1 is 1.15 bits per heavy atom. The van der Waals surface area contributed by atoms with E-state index in [4.69, 9.17) is 0 Å². The van der Waals surface area contributed by atoms with Gasteiger partial charge in [-0.25, -0.2) is 0 Å². The van der Waals surface area contributed by atoms with Gasteiger partial charge in [-0.05, 0) is 37.0 Å². The van der Waals surface area contributed by atoms with E-state index in [1.807, 2.05) is 32.0 Å². The Bertz CT molecular complexity index is 762. The van der Waals surface area contributed by atoms with Gasteiger partial charge in [-0.3, -0.25) is 14.9 Å². The Hall–Kier alpha value is -2.34. The Kier molecular flexibility index (Phi) is 7.21. The van der Waals surface area contributed by atoms with E-state index in [9.17, 15) is 14.9 Å². The van der Waals surface area contributed by atoms with Gasteiger partial charge in [-0.1, -0.05) is 43.3 Å². The fourth-order valence-electron chi connectivity index (χ4n) is 2.60. The van der Waals surface area contributed by atoms with Crippen LogP contribution in [0.15, 0.2) is 48.5 Å². The highest BCUT2D eigenvalue weighted by atomic mass is 32.2. The Balaban J connectivity index is 1.87. The summed E-state index contributed by atoms with van der Waals surface area (Å²) in [7, 11) is 0. The first-order valence-electron chi connectivity index (χ1n) is 8.64. The van der Waals surface area contributed by atoms with E-state index >= 15 is 0 Å². The largest absolute Gasteiger partial charge is 0.349 e. The van der Waals surface area contributed by atoms with Crippen molar-refractivity contribution in [1.82, 2.24) is 5.32 Å². The van der Waals surface area contributed by atoms with Crippen molar-refractivity contribution in [2.24, 2.45) is 0 Å². The van der Waals surface area contributed by atoms with E-state index in [1.54, 1.807) is 12.1 Å². The summed E-state index contributed by atoms with van der Waals surface area (Å²) in [6.45, 7) is 6.03. The summed E-state index contributed by atoms with van der Waals surface area (Å²) in [5, 5.41) is 13.9. The molecule has 0 bridgehead atoms. The quantitative estimate of drug-likeness (QED) is 0.532. The molecular formula is C20H24N2O3S. The van der Waals surface area contributed by atoms with Gasteiger partial charge >= 0.3 is 0 Å². The van der Waals surface area contributed by atoms with Crippen molar-refractivity contribution in [2.75, 3.05) is 5.75 Å². The monoisotopic (exact) mass is 372 g/mol. The molecule has 5 nitrogen and oxygen atoms in total. The molecule has 0 aromatic heterocycles. The topological polar surface area (TPSA) is 72.2 Å². The lowest BCUT2D eigenvalue weighted by Gasteiger charge is -2.16. The third-order valence-electron chi connectivity index (χ3n) is 4.28. The van der Waals surface area contributed by atoms with Gasteiger partial charge in [0.25, 0.3) is 5.69 Å². The molecule has 1 amide bonds. The van der Waals surface area contributed by atoms with Crippen molar-refractivity contribution in [3.8, 4) is 0 Å². The number of nitro groups is 1. The smallest absolute Gasteiger partial charge is 0.269 e. The molecule has 2 rings (SSSR count). The van der Waals surface area contributed by atoms with Crippen molar-refractivity contribution in [1.29, 1.82) is 0 Å². The minimum absolute atomic E-state index is 0.000191. The van der Waals surface area contributed by atoms with Crippen LogP contribution in [0, 0.1) is 10.1 Å². The van der Waals surface area contributed by atoms with Gasteiger partial charge in [-0.2, -0.15) is 0 Å². The van der Waals surface area contributed by atoms with Gasteiger partial charge < -0.3 is 5.32 Å². The molecule has 138 valence electrons. The van der Waals surface area contributed by atoms with Gasteiger partial charge in [-0.15, -0.1) is 11.8 Å². The number of hydrogen-bond donors (Lipinski definition) is 1. The zero-order chi connectivity index (χ0) is 19.1. The average Bonchev–Trinajstić information content (AvgIpc) is 2.66. The number of non-ortho nitro benzene ring substituents is 1. The van der Waals surface area contributed by atoms with E-state index < -0.39 is 4.92 Å². The van der Waals surface area contributed by atoms with E-state index in [0.717, 1.165) is 17.5 Å². The molecule has 0 heterocycles. The summed E-state index contributed by atoms with van der Waals surface area (Å²) >= 11 is 1.47. The Morgan fingerprint density at radius 2 is 1.85 bits per heavy atom. The first-order valence-corrected chi connectivity index (χ1v) is 9.69. The number of carbonyl (C=O) groups is 1. The number of benzene rings is 2. The molecule has 0 saturated heterocycles. The zero-order valence-electron chi connectivity index (χ0n) is 15.3. The predicted molar refractivity (Wildman–Crippen MR) is 106 cm³/mol. The van der Waals surface area contributed by atoms with E-state index in [0.29, 0.717) is 5.75 Å². The molecule has 0 aliphatic heterocycles. The van der Waals surface area contributed by atoms with Crippen LogP contribution in [0.2, 0.25) is 0 Å². The number of aryl methyl sites for hydroxylation is 1. The number of nitrogens with one attached hydrogen (secondary N) is 1. The minimum Gasteiger partial charge on any atom is -0.349 e. The third-order valence-corrected chi connectivity index (χ3v) is 5.48. The van der Waals surface area contributed by atoms with Crippen LogP contribution >= 0.6 is 11.8 Å². The van der Waals surface area contributed by atoms with Crippen molar-refractivity contribution in [3.63, 3.8) is 0 Å². The van der Waals surface area contributed by atoms with Gasteiger partial charge in [0.05, 0.1) is 16.7 Å². The molecular weight excluding hydrogens is 348 g/mol. The van der Waals surface area contributed by atoms with Crippen LogP contribution in [0.5, 0.6) is 0 Å². The van der Waals surface area contributed by atoms with Gasteiger partial charge in [0.2, 0.25) is 5.91 Å². The number of thioether (sulfide) groups is 1. The summed E-state index contributed by atoms with van der Waals surface area (Å²) < 4.78 is 0. The molecule has 1 N–H and O–H groups in total. The summed E-state index contributed by atoms with van der Waals surface area (Å²) in [6.07, 6.45) is 0.993. The van der Waals surface area contributed by atoms with Crippen LogP contribution in [-0.2, 0) is 11.2 Å². The highest BCUT2D eigenvalue weighted by Gasteiger charge is 2.14. The van der Waals surface area contributed by atoms with Crippen LogP contribution in [0.4, 0.5) is 5.69 Å². The lowest BCUT2D eigenvalue weighted by molar-refractivity contribution is -0.384. The molecule has 0 aliphatic rings. The van der Waals surface area contributed by atoms with E-state index in [-0.39, 0.29) is 22.9 Å². The molecule has 0 radical (unpaired) electrons. The molecule has 2 atom stereocenters. The van der Waals surface area contributed by atoms with Gasteiger partial charge in [0.15, 0.2) is 0 Å². The van der Waals surface area contributed by atoms with E-state index in [1.165, 1.54) is 23.4 Å². The maximum absolute atomic E-state index is 12.2. The number of rotatable bonds is 8. The number of nitro benzene ring substituents is 1. The number of carbonyl (C=O) groups excluding carboxylic acids is 1. The maximum Gasteiger partial charge on any atom is 0.269 e. The first-order chi connectivity index (χ1) is 12.4. The van der Waals surface area contributed by atoms with Crippen LogP contribution < -0.4 is 5.32 Å². The Morgan fingerprint density at radius 3 is 2.46 bits per heavy atom. The highest BCUT2D eigenvalue weighted by Crippen LogP contribution is 2.30. The minimum atomic E-state index is -0.404. The molecule has 0 saturated carbocycles. The normalized spacial score (nSPS) is 13.0. The van der Waals surface area contributed by atoms with Crippen LogP contribution in [0.3, 0.4) is 0 Å². The molecule has 26 heavy (non-hydrogen) atoms. The van der Waals surface area contributed by atoms with Crippen LogP contribution in [-0.4, -0.2) is 16.6 Å². The van der Waals surface area contributed by atoms with E-state index in [2.05, 4.69) is 24.4 Å². The van der Waals surface area contributed by atoms with Crippen molar-refractivity contribution in [3.05, 3.63) is 75.3 Å². The molecule has 0 aliphatic carbocycles. The lowest BCUT2D eigenvalue weighted by atomic mass is 10.1. The fraction of sp³-hybridized carbons (Fsp3) is 0.350. The average molecular weight is 372 g/mol. The van der Waals surface area contributed by atoms with Crippen molar-refractivity contribution in [2.45, 2.75) is 38.5 Å². The highest BCUT2D eigenvalue weighted by molar-refractivity contribution is 8.00. The van der Waals surface area contributed by atoms with Crippen LogP contribution in [0.25, 0.3) is 0 Å². The maximum atomic E-state index is 12.2. The number of amides is 1. The van der Waals surface area contributed by atoms with Gasteiger partial charge in [0, 0.05) is 17.4 Å². The lowest BCUT2D eigenvalue weighted by Crippen LogP contribution is -2.28. The predicted octanol–water partition coefficient (Wildman–Crippen LogP) is 4.83. The molecule has 0 fully saturated rings. The molecule has 2 aromatic carbocycles. The number of nitrogens with zero attached hydrogens (tertiary/aromatic N) is 1. The van der Waals surface area contributed by atoms with Crippen molar-refractivity contribution >= 4 is 23.4 Å². The van der Waals surface area contributed by atoms with Gasteiger partial charge in [0.1, 0.15) is 0 Å². The molecule has 6 heteroatoms. The summed E-state index contributed by atoms with van der Waals surface area (Å²) in [5.41, 5.74) is 3.27. The number of hydrogen-bond acceptors (Lipinski definition) is 4. The molecule has 0 unspecified atom stereocenters. The van der Waals surface area contributed by atoms with Crippen molar-refractivity contribution < 1.29 is 9.72 Å². The molecule has 0 spiro atoms. The summed E-state index contributed by atoms with van der Waals surface area (Å²) in [6, 6.07) is 14.8. The zero-order valence-corrected chi connectivity index (χ0v) is 16.1. The molecule has 2 aromatic rings. The SMILES string of the molecule is CCc1ccc([C@@H](C)NC(=O)CS[C@@H](C)c2cccc([N+](=O)[O-])c2)cc1. The third kappa shape index (κ3) is 5.59. The summed E-state index contributed by atoms with van der Waals surface area (Å²) in [4.78, 5) is 22.7. The second-order valence-corrected chi connectivity index (χ2v) is 7.52. The Labute approximate surface area is 158 Å².